The van der Waals surface area contributed by atoms with Gasteiger partial charge in [-0.2, -0.15) is 0 Å². The summed E-state index contributed by atoms with van der Waals surface area (Å²) in [6, 6.07) is 5.08. The summed E-state index contributed by atoms with van der Waals surface area (Å²) in [4.78, 5) is 0. The quantitative estimate of drug-likeness (QED) is 0.692. The van der Waals surface area contributed by atoms with E-state index in [1.165, 1.54) is 18.5 Å². The maximum Gasteiger partial charge on any atom is 0.0334 e. The van der Waals surface area contributed by atoms with Crippen LogP contribution in [-0.2, 0) is 6.42 Å². The maximum absolute atomic E-state index is 5.50. The van der Waals surface area contributed by atoms with Crippen LogP contribution in [0.4, 0.5) is 0 Å². The lowest BCUT2D eigenvalue weighted by atomic mass is 10.3. The van der Waals surface area contributed by atoms with Gasteiger partial charge in [-0.25, -0.2) is 0 Å². The summed E-state index contributed by atoms with van der Waals surface area (Å²) in [5.41, 5.74) is 6.89. The molecule has 0 amide bonds. The summed E-state index contributed by atoms with van der Waals surface area (Å²) in [6.45, 7) is 0.761. The van der Waals surface area contributed by atoms with Crippen molar-refractivity contribution in [3.63, 3.8) is 0 Å². The van der Waals surface area contributed by atoms with Crippen LogP contribution in [0.25, 0.3) is 0 Å². The number of nitrogens with two attached hydrogens (primary N) is 1. The summed E-state index contributed by atoms with van der Waals surface area (Å²) in [6.07, 6.45) is 5.89. The Labute approximate surface area is 67.0 Å². The summed E-state index contributed by atoms with van der Waals surface area (Å²) >= 11 is 0. The van der Waals surface area contributed by atoms with Gasteiger partial charge in [0, 0.05) is 17.9 Å². The van der Waals surface area contributed by atoms with Gasteiger partial charge in [0.05, 0.1) is 0 Å². The second kappa shape index (κ2) is 2.70. The van der Waals surface area contributed by atoms with Gasteiger partial charge in [0.1, 0.15) is 0 Å². The molecule has 0 atom stereocenters. The third-order valence-electron chi connectivity index (χ3n) is 2.21. The van der Waals surface area contributed by atoms with Crippen molar-refractivity contribution in [2.24, 2.45) is 5.73 Å². The molecular weight excluding hydrogens is 136 g/mol. The number of nitrogens with zero attached hydrogens (tertiary/aromatic N) is 1. The van der Waals surface area contributed by atoms with E-state index >= 15 is 0 Å². The van der Waals surface area contributed by atoms with Crippen molar-refractivity contribution in [3.8, 4) is 0 Å². The third-order valence-corrected chi connectivity index (χ3v) is 2.21. The molecule has 0 aliphatic heterocycles. The minimum absolute atomic E-state index is 0.761. The van der Waals surface area contributed by atoms with Crippen LogP contribution in [0.5, 0.6) is 0 Å². The van der Waals surface area contributed by atoms with Crippen LogP contribution in [-0.4, -0.2) is 11.1 Å². The Bertz CT molecular complexity index is 235. The van der Waals surface area contributed by atoms with Crippen molar-refractivity contribution in [3.05, 3.63) is 24.0 Å². The molecule has 2 nitrogen and oxygen atoms in total. The van der Waals surface area contributed by atoms with Crippen LogP contribution in [0.1, 0.15) is 24.6 Å². The number of rotatable bonds is 3. The molecule has 1 fully saturated rings. The van der Waals surface area contributed by atoms with Crippen molar-refractivity contribution in [1.29, 1.82) is 0 Å². The molecule has 0 aromatic carbocycles. The van der Waals surface area contributed by atoms with Crippen LogP contribution in [0.3, 0.4) is 0 Å². The normalized spacial score (nSPS) is 17.2. The molecule has 0 saturated heterocycles. The van der Waals surface area contributed by atoms with E-state index in [4.69, 9.17) is 5.73 Å². The Morgan fingerprint density at radius 2 is 2.36 bits per heavy atom. The Balaban J connectivity index is 2.16. The molecule has 1 aromatic rings. The van der Waals surface area contributed by atoms with Crippen LogP contribution >= 0.6 is 0 Å². The van der Waals surface area contributed by atoms with Gasteiger partial charge in [-0.3, -0.25) is 0 Å². The van der Waals surface area contributed by atoms with E-state index < -0.39 is 0 Å². The van der Waals surface area contributed by atoms with E-state index in [2.05, 4.69) is 22.9 Å². The molecule has 0 unspecified atom stereocenters. The van der Waals surface area contributed by atoms with Crippen LogP contribution in [0.15, 0.2) is 18.3 Å². The first-order valence-electron chi connectivity index (χ1n) is 4.27. The minimum Gasteiger partial charge on any atom is -0.348 e. The Morgan fingerprint density at radius 3 is 3.00 bits per heavy atom. The van der Waals surface area contributed by atoms with Gasteiger partial charge in [-0.05, 0) is 37.9 Å². The molecule has 1 aliphatic rings. The highest BCUT2D eigenvalue weighted by Gasteiger charge is 2.23. The topological polar surface area (TPSA) is 30.9 Å². The summed E-state index contributed by atoms with van der Waals surface area (Å²) < 4.78 is 2.37. The Hall–Kier alpha value is -0.760. The number of aromatic nitrogens is 1. The third kappa shape index (κ3) is 1.31. The minimum atomic E-state index is 0.761. The van der Waals surface area contributed by atoms with Gasteiger partial charge >= 0.3 is 0 Å². The van der Waals surface area contributed by atoms with Crippen LogP contribution in [0, 0.1) is 0 Å². The highest BCUT2D eigenvalue weighted by atomic mass is 15.0. The van der Waals surface area contributed by atoms with Crippen molar-refractivity contribution in [1.82, 2.24) is 4.57 Å². The van der Waals surface area contributed by atoms with Gasteiger partial charge in [0.15, 0.2) is 0 Å². The monoisotopic (exact) mass is 150 g/mol. The van der Waals surface area contributed by atoms with E-state index in [9.17, 15) is 0 Å². The molecule has 1 saturated carbocycles. The maximum atomic E-state index is 5.50. The highest BCUT2D eigenvalue weighted by molar-refractivity contribution is 5.10. The molecule has 0 bridgehead atoms. The van der Waals surface area contributed by atoms with Crippen LogP contribution < -0.4 is 5.73 Å². The fraction of sp³-hybridized carbons (Fsp3) is 0.556. The van der Waals surface area contributed by atoms with Crippen molar-refractivity contribution in [2.75, 3.05) is 6.54 Å². The second-order valence-corrected chi connectivity index (χ2v) is 3.18. The van der Waals surface area contributed by atoms with Crippen molar-refractivity contribution in [2.45, 2.75) is 25.3 Å². The van der Waals surface area contributed by atoms with Crippen LogP contribution in [0.2, 0.25) is 0 Å². The molecule has 2 heteroatoms. The van der Waals surface area contributed by atoms with Gasteiger partial charge in [-0.1, -0.05) is 0 Å². The molecule has 2 N–H and O–H groups in total. The predicted octanol–water partition coefficient (Wildman–Crippen LogP) is 1.32. The predicted molar refractivity (Wildman–Crippen MR) is 45.5 cm³/mol. The molecule has 60 valence electrons. The van der Waals surface area contributed by atoms with Gasteiger partial charge in [0.25, 0.3) is 0 Å². The molecule has 1 aliphatic carbocycles. The van der Waals surface area contributed by atoms with E-state index in [-0.39, 0.29) is 0 Å². The number of hydrogen-bond donors (Lipinski definition) is 1. The first kappa shape index (κ1) is 6.92. The van der Waals surface area contributed by atoms with Gasteiger partial charge in [-0.15, -0.1) is 0 Å². The molecule has 0 radical (unpaired) electrons. The zero-order valence-corrected chi connectivity index (χ0v) is 6.66. The fourth-order valence-electron chi connectivity index (χ4n) is 1.50. The summed E-state index contributed by atoms with van der Waals surface area (Å²) in [5, 5.41) is 0. The van der Waals surface area contributed by atoms with E-state index in [1.807, 2.05) is 0 Å². The van der Waals surface area contributed by atoms with Gasteiger partial charge in [0.2, 0.25) is 0 Å². The molecule has 0 spiro atoms. The van der Waals surface area contributed by atoms with E-state index in [1.54, 1.807) is 0 Å². The molecule has 1 heterocycles. The van der Waals surface area contributed by atoms with Crippen molar-refractivity contribution >= 4 is 0 Å². The van der Waals surface area contributed by atoms with Gasteiger partial charge < -0.3 is 10.3 Å². The van der Waals surface area contributed by atoms with E-state index in [0.717, 1.165) is 19.0 Å². The Morgan fingerprint density at radius 1 is 1.55 bits per heavy atom. The second-order valence-electron chi connectivity index (χ2n) is 3.18. The average molecular weight is 150 g/mol. The summed E-state index contributed by atoms with van der Waals surface area (Å²) in [7, 11) is 0. The number of hydrogen-bond acceptors (Lipinski definition) is 1. The Kier molecular flexibility index (Phi) is 1.70. The zero-order chi connectivity index (χ0) is 7.68. The standard InChI is InChI=1S/C9H14N2/c10-6-5-8-2-1-7-11(8)9-3-4-9/h1-2,7,9H,3-6,10H2. The fourth-order valence-corrected chi connectivity index (χ4v) is 1.50. The molecule has 2 rings (SSSR count). The van der Waals surface area contributed by atoms with E-state index in [0.29, 0.717) is 0 Å². The molecule has 1 aromatic heterocycles. The highest BCUT2D eigenvalue weighted by Crippen LogP contribution is 2.35. The largest absolute Gasteiger partial charge is 0.348 e. The first-order chi connectivity index (χ1) is 5.42. The van der Waals surface area contributed by atoms with Crippen molar-refractivity contribution < 1.29 is 0 Å². The lowest BCUT2D eigenvalue weighted by molar-refractivity contribution is 0.693. The molecular formula is C9H14N2. The molecule has 11 heavy (non-hydrogen) atoms. The smallest absolute Gasteiger partial charge is 0.0334 e. The average Bonchev–Trinajstić information content (AvgIpc) is 2.75. The lowest BCUT2D eigenvalue weighted by Gasteiger charge is -2.05. The first-order valence-corrected chi connectivity index (χ1v) is 4.27. The zero-order valence-electron chi connectivity index (χ0n) is 6.66. The lowest BCUT2D eigenvalue weighted by Crippen LogP contribution is -2.07. The summed E-state index contributed by atoms with van der Waals surface area (Å²) in [5.74, 6) is 0. The SMILES string of the molecule is NCCc1cccn1C1CC1.